The second-order valence-corrected chi connectivity index (χ2v) is 6.33. The van der Waals surface area contributed by atoms with Gasteiger partial charge < -0.3 is 10.4 Å². The van der Waals surface area contributed by atoms with Crippen LogP contribution in [0, 0.1) is 3.57 Å². The fourth-order valence-corrected chi connectivity index (χ4v) is 2.60. The molecule has 21 heavy (non-hydrogen) atoms. The van der Waals surface area contributed by atoms with Crippen LogP contribution in [0.5, 0.6) is 0 Å². The van der Waals surface area contributed by atoms with Crippen molar-refractivity contribution in [1.82, 2.24) is 0 Å². The molecule has 2 aromatic rings. The molecule has 2 aromatic carbocycles. The molecule has 0 aliphatic carbocycles. The molecule has 0 aliphatic heterocycles. The van der Waals surface area contributed by atoms with Crippen LogP contribution in [0.2, 0.25) is 0 Å². The van der Waals surface area contributed by atoms with Gasteiger partial charge in [-0.05, 0) is 68.3 Å². The predicted molar refractivity (Wildman–Crippen MR) is 92.6 cm³/mol. The van der Waals surface area contributed by atoms with Crippen molar-refractivity contribution in [3.8, 4) is 0 Å². The van der Waals surface area contributed by atoms with Crippen molar-refractivity contribution >= 4 is 56.1 Å². The first-order valence-electron chi connectivity index (χ1n) is 6.03. The standard InChI is InChI=1S/C15H11BrINO3/c16-12-6-5-10(8-13(12)17)18-14(19)7-9-3-1-2-4-11(9)15(20)21/h1-6,8H,7H2,(H,18,19)(H,20,21). The van der Waals surface area contributed by atoms with Crippen molar-refractivity contribution in [2.24, 2.45) is 0 Å². The lowest BCUT2D eigenvalue weighted by Gasteiger charge is -2.08. The lowest BCUT2D eigenvalue weighted by Crippen LogP contribution is -2.16. The SMILES string of the molecule is O=C(Cc1ccccc1C(=O)O)Nc1ccc(Br)c(I)c1. The van der Waals surface area contributed by atoms with Crippen molar-refractivity contribution in [2.75, 3.05) is 5.32 Å². The van der Waals surface area contributed by atoms with Gasteiger partial charge in [-0.25, -0.2) is 4.79 Å². The summed E-state index contributed by atoms with van der Waals surface area (Å²) in [6.07, 6.45) is 0.0229. The first kappa shape index (κ1) is 16.0. The van der Waals surface area contributed by atoms with E-state index in [4.69, 9.17) is 5.11 Å². The van der Waals surface area contributed by atoms with Gasteiger partial charge in [0.25, 0.3) is 0 Å². The molecule has 2 N–H and O–H groups in total. The van der Waals surface area contributed by atoms with Crippen LogP contribution >= 0.6 is 38.5 Å². The Morgan fingerprint density at radius 1 is 1.19 bits per heavy atom. The first-order valence-corrected chi connectivity index (χ1v) is 7.90. The number of carboxylic acid groups (broad SMARTS) is 1. The Morgan fingerprint density at radius 2 is 1.90 bits per heavy atom. The number of rotatable bonds is 4. The van der Waals surface area contributed by atoms with E-state index in [0.29, 0.717) is 11.3 Å². The molecule has 6 heteroatoms. The molecule has 0 heterocycles. The van der Waals surface area contributed by atoms with E-state index >= 15 is 0 Å². The molecule has 4 nitrogen and oxygen atoms in total. The molecule has 0 radical (unpaired) electrons. The minimum Gasteiger partial charge on any atom is -0.478 e. The van der Waals surface area contributed by atoms with Gasteiger partial charge in [-0.15, -0.1) is 0 Å². The average molecular weight is 460 g/mol. The number of nitrogens with one attached hydrogen (secondary N) is 1. The number of hydrogen-bond acceptors (Lipinski definition) is 2. The van der Waals surface area contributed by atoms with E-state index in [1.807, 2.05) is 12.1 Å². The van der Waals surface area contributed by atoms with Crippen LogP contribution in [0.1, 0.15) is 15.9 Å². The van der Waals surface area contributed by atoms with E-state index in [2.05, 4.69) is 43.8 Å². The number of amides is 1. The zero-order valence-corrected chi connectivity index (χ0v) is 14.5. The van der Waals surface area contributed by atoms with Crippen LogP contribution in [-0.2, 0) is 11.2 Å². The van der Waals surface area contributed by atoms with Crippen LogP contribution in [0.15, 0.2) is 46.9 Å². The molecule has 0 bridgehead atoms. The number of carboxylic acids is 1. The molecule has 0 aliphatic rings. The minimum absolute atomic E-state index is 0.0229. The number of halogens is 2. The van der Waals surface area contributed by atoms with Crippen LogP contribution < -0.4 is 5.32 Å². The van der Waals surface area contributed by atoms with Gasteiger partial charge in [0.1, 0.15) is 0 Å². The molecule has 2 rings (SSSR count). The molecule has 0 unspecified atom stereocenters. The van der Waals surface area contributed by atoms with Gasteiger partial charge in [0.2, 0.25) is 5.91 Å². The third-order valence-corrected chi connectivity index (χ3v) is 5.13. The zero-order valence-electron chi connectivity index (χ0n) is 10.8. The molecule has 0 aromatic heterocycles. The molecule has 1 amide bonds. The van der Waals surface area contributed by atoms with E-state index in [1.54, 1.807) is 24.3 Å². The normalized spacial score (nSPS) is 10.2. The molecule has 0 spiro atoms. The summed E-state index contributed by atoms with van der Waals surface area (Å²) >= 11 is 5.55. The Bertz CT molecular complexity index is 703. The molecule has 108 valence electrons. The van der Waals surface area contributed by atoms with E-state index in [0.717, 1.165) is 8.04 Å². The highest BCUT2D eigenvalue weighted by atomic mass is 127. The molecular weight excluding hydrogens is 449 g/mol. The largest absolute Gasteiger partial charge is 0.478 e. The van der Waals surface area contributed by atoms with Gasteiger partial charge in [-0.3, -0.25) is 4.79 Å². The van der Waals surface area contributed by atoms with Crippen LogP contribution in [0.25, 0.3) is 0 Å². The Kier molecular flexibility index (Phi) is 5.35. The second kappa shape index (κ2) is 7.04. The van der Waals surface area contributed by atoms with Crippen molar-refractivity contribution in [3.63, 3.8) is 0 Å². The summed E-state index contributed by atoms with van der Waals surface area (Å²) in [6.45, 7) is 0. The summed E-state index contributed by atoms with van der Waals surface area (Å²) in [7, 11) is 0. The van der Waals surface area contributed by atoms with Crippen molar-refractivity contribution in [3.05, 3.63) is 61.6 Å². The van der Waals surface area contributed by atoms with Gasteiger partial charge in [-0.1, -0.05) is 18.2 Å². The second-order valence-electron chi connectivity index (χ2n) is 4.32. The number of benzene rings is 2. The van der Waals surface area contributed by atoms with Gasteiger partial charge >= 0.3 is 5.97 Å². The molecule has 0 saturated heterocycles. The number of aromatic carboxylic acids is 1. The number of carbonyl (C=O) groups is 2. The maximum absolute atomic E-state index is 12.0. The number of hydrogen-bond donors (Lipinski definition) is 2. The molecule has 0 saturated carbocycles. The molecular formula is C15H11BrINO3. The van der Waals surface area contributed by atoms with Crippen molar-refractivity contribution in [1.29, 1.82) is 0 Å². The average Bonchev–Trinajstić information content (AvgIpc) is 2.43. The maximum atomic E-state index is 12.0. The molecule has 0 fully saturated rings. The minimum atomic E-state index is -1.03. The Hall–Kier alpha value is -1.41. The highest BCUT2D eigenvalue weighted by Gasteiger charge is 2.12. The van der Waals surface area contributed by atoms with Crippen LogP contribution in [0.4, 0.5) is 5.69 Å². The van der Waals surface area contributed by atoms with E-state index in [-0.39, 0.29) is 17.9 Å². The summed E-state index contributed by atoms with van der Waals surface area (Å²) in [5.74, 6) is -1.28. The maximum Gasteiger partial charge on any atom is 0.335 e. The quantitative estimate of drug-likeness (QED) is 0.680. The number of carbonyl (C=O) groups excluding carboxylic acids is 1. The van der Waals surface area contributed by atoms with Crippen LogP contribution in [0.3, 0.4) is 0 Å². The zero-order chi connectivity index (χ0) is 15.4. The Balaban J connectivity index is 2.12. The molecule has 0 atom stereocenters. The summed E-state index contributed by atoms with van der Waals surface area (Å²) in [5.41, 5.74) is 1.33. The summed E-state index contributed by atoms with van der Waals surface area (Å²) < 4.78 is 1.94. The third-order valence-electron chi connectivity index (χ3n) is 2.80. The highest BCUT2D eigenvalue weighted by molar-refractivity contribution is 14.1. The monoisotopic (exact) mass is 459 g/mol. The summed E-state index contributed by atoms with van der Waals surface area (Å²) in [5, 5.41) is 11.9. The fourth-order valence-electron chi connectivity index (χ4n) is 1.84. The van der Waals surface area contributed by atoms with Gasteiger partial charge in [0.05, 0.1) is 12.0 Å². The van der Waals surface area contributed by atoms with E-state index < -0.39 is 5.97 Å². The van der Waals surface area contributed by atoms with Crippen LogP contribution in [-0.4, -0.2) is 17.0 Å². The van der Waals surface area contributed by atoms with Crippen molar-refractivity contribution in [2.45, 2.75) is 6.42 Å². The first-order chi connectivity index (χ1) is 9.97. The lowest BCUT2D eigenvalue weighted by atomic mass is 10.0. The van der Waals surface area contributed by atoms with Gasteiger partial charge in [-0.2, -0.15) is 0 Å². The third kappa shape index (κ3) is 4.28. The Morgan fingerprint density at radius 3 is 2.57 bits per heavy atom. The van der Waals surface area contributed by atoms with Gasteiger partial charge in [0.15, 0.2) is 0 Å². The van der Waals surface area contributed by atoms with Gasteiger partial charge in [0, 0.05) is 13.7 Å². The fraction of sp³-hybridized carbons (Fsp3) is 0.0667. The van der Waals surface area contributed by atoms with E-state index in [9.17, 15) is 9.59 Å². The van der Waals surface area contributed by atoms with Crippen molar-refractivity contribution < 1.29 is 14.7 Å². The van der Waals surface area contributed by atoms with E-state index in [1.165, 1.54) is 6.07 Å². The predicted octanol–water partition coefficient (Wildman–Crippen LogP) is 3.93. The summed E-state index contributed by atoms with van der Waals surface area (Å²) in [4.78, 5) is 23.1. The Labute approximate surface area is 143 Å². The lowest BCUT2D eigenvalue weighted by molar-refractivity contribution is -0.115. The summed E-state index contributed by atoms with van der Waals surface area (Å²) in [6, 6.07) is 12.0. The number of anilines is 1. The smallest absolute Gasteiger partial charge is 0.335 e. The topological polar surface area (TPSA) is 66.4 Å². The highest BCUT2D eigenvalue weighted by Crippen LogP contribution is 2.22.